The fourth-order valence-corrected chi connectivity index (χ4v) is 1.16. The molecule has 0 spiro atoms. The molecule has 0 saturated carbocycles. The first-order valence-corrected chi connectivity index (χ1v) is 4.72. The number of aryl methyl sites for hydroxylation is 1. The maximum absolute atomic E-state index is 11.7. The number of rotatable bonds is 4. The standard InChI is InChI=1S/C10H12N4O3/c1-3-4-14(7-9(15)16)10(17)12-8-5-11-13(2)6-8/h1,5-6H,4,7H2,2H3,(H,12,17)(H,15,16). The fourth-order valence-electron chi connectivity index (χ4n) is 1.16. The van der Waals surface area contributed by atoms with Crippen molar-refractivity contribution in [1.82, 2.24) is 14.7 Å². The summed E-state index contributed by atoms with van der Waals surface area (Å²) in [6.07, 6.45) is 8.10. The van der Waals surface area contributed by atoms with Gasteiger partial charge in [-0.1, -0.05) is 5.92 Å². The minimum absolute atomic E-state index is 0.0710. The van der Waals surface area contributed by atoms with Crippen LogP contribution in [0.3, 0.4) is 0 Å². The third kappa shape index (κ3) is 3.87. The van der Waals surface area contributed by atoms with Crippen molar-refractivity contribution in [3.8, 4) is 12.3 Å². The molecular formula is C10H12N4O3. The predicted molar refractivity (Wildman–Crippen MR) is 60.3 cm³/mol. The quantitative estimate of drug-likeness (QED) is 0.719. The average Bonchev–Trinajstić information content (AvgIpc) is 2.62. The molecule has 0 atom stereocenters. The van der Waals surface area contributed by atoms with Crippen LogP contribution < -0.4 is 5.32 Å². The highest BCUT2D eigenvalue weighted by atomic mass is 16.4. The number of hydrogen-bond donors (Lipinski definition) is 2. The van der Waals surface area contributed by atoms with Gasteiger partial charge >= 0.3 is 12.0 Å². The van der Waals surface area contributed by atoms with Crippen molar-refractivity contribution < 1.29 is 14.7 Å². The molecule has 0 aliphatic heterocycles. The zero-order chi connectivity index (χ0) is 12.8. The molecule has 7 nitrogen and oxygen atoms in total. The van der Waals surface area contributed by atoms with Gasteiger partial charge in [0.2, 0.25) is 0 Å². The van der Waals surface area contributed by atoms with Crippen LogP contribution in [0.25, 0.3) is 0 Å². The van der Waals surface area contributed by atoms with E-state index >= 15 is 0 Å². The Hall–Kier alpha value is -2.49. The number of nitrogens with zero attached hydrogens (tertiary/aromatic N) is 3. The van der Waals surface area contributed by atoms with E-state index in [4.69, 9.17) is 11.5 Å². The van der Waals surface area contributed by atoms with E-state index in [9.17, 15) is 9.59 Å². The number of carboxylic acids is 1. The highest BCUT2D eigenvalue weighted by Gasteiger charge is 2.16. The van der Waals surface area contributed by atoms with Crippen molar-refractivity contribution in [1.29, 1.82) is 0 Å². The number of terminal acetylenes is 1. The summed E-state index contributed by atoms with van der Waals surface area (Å²) in [4.78, 5) is 23.2. The molecule has 0 fully saturated rings. The van der Waals surface area contributed by atoms with Crippen LogP contribution in [0.2, 0.25) is 0 Å². The predicted octanol–water partition coefficient (Wildman–Crippen LogP) is -0.0282. The largest absolute Gasteiger partial charge is 0.480 e. The summed E-state index contributed by atoms with van der Waals surface area (Å²) in [5.41, 5.74) is 0.477. The van der Waals surface area contributed by atoms with Gasteiger partial charge in [0, 0.05) is 13.2 Å². The highest BCUT2D eigenvalue weighted by Crippen LogP contribution is 2.05. The second kappa shape index (κ2) is 5.55. The first-order valence-electron chi connectivity index (χ1n) is 4.72. The van der Waals surface area contributed by atoms with Gasteiger partial charge in [0.15, 0.2) is 0 Å². The third-order valence-electron chi connectivity index (χ3n) is 1.85. The van der Waals surface area contributed by atoms with E-state index in [-0.39, 0.29) is 6.54 Å². The zero-order valence-corrected chi connectivity index (χ0v) is 9.25. The van der Waals surface area contributed by atoms with Gasteiger partial charge in [-0.2, -0.15) is 5.10 Å². The minimum atomic E-state index is -1.12. The Morgan fingerprint density at radius 2 is 2.41 bits per heavy atom. The van der Waals surface area contributed by atoms with Gasteiger partial charge < -0.3 is 15.3 Å². The molecule has 17 heavy (non-hydrogen) atoms. The lowest BCUT2D eigenvalue weighted by molar-refractivity contribution is -0.137. The van der Waals surface area contributed by atoms with Crippen LogP contribution in [0.4, 0.5) is 10.5 Å². The molecule has 0 aliphatic rings. The van der Waals surface area contributed by atoms with Gasteiger partial charge in [0.25, 0.3) is 0 Å². The SMILES string of the molecule is C#CCN(CC(=O)O)C(=O)Nc1cnn(C)c1. The van der Waals surface area contributed by atoms with E-state index in [1.54, 1.807) is 13.2 Å². The van der Waals surface area contributed by atoms with Crippen molar-refractivity contribution in [2.75, 3.05) is 18.4 Å². The Morgan fingerprint density at radius 3 is 2.88 bits per heavy atom. The lowest BCUT2D eigenvalue weighted by Gasteiger charge is -2.17. The van der Waals surface area contributed by atoms with Crippen LogP contribution in [-0.4, -0.2) is 44.9 Å². The number of carboxylic acid groups (broad SMARTS) is 1. The molecule has 2 amide bonds. The molecule has 1 aromatic rings. The molecule has 1 rings (SSSR count). The summed E-state index contributed by atoms with van der Waals surface area (Å²) in [6.45, 7) is -0.519. The number of amides is 2. The Kier molecular flexibility index (Phi) is 4.11. The van der Waals surface area contributed by atoms with Gasteiger partial charge in [-0.05, 0) is 0 Å². The Morgan fingerprint density at radius 1 is 1.71 bits per heavy atom. The van der Waals surface area contributed by atoms with E-state index in [0.29, 0.717) is 5.69 Å². The Balaban J connectivity index is 2.65. The fraction of sp³-hybridized carbons (Fsp3) is 0.300. The molecule has 2 N–H and O–H groups in total. The van der Waals surface area contributed by atoms with Crippen molar-refractivity contribution in [3.63, 3.8) is 0 Å². The number of aromatic nitrogens is 2. The van der Waals surface area contributed by atoms with Crippen molar-refractivity contribution in [2.45, 2.75) is 0 Å². The number of nitrogens with one attached hydrogen (secondary N) is 1. The molecular weight excluding hydrogens is 224 g/mol. The summed E-state index contributed by atoms with van der Waals surface area (Å²) < 4.78 is 1.51. The molecule has 0 radical (unpaired) electrons. The number of carbonyl (C=O) groups is 2. The first-order chi connectivity index (χ1) is 8.02. The van der Waals surface area contributed by atoms with E-state index in [2.05, 4.69) is 16.3 Å². The second-order valence-corrected chi connectivity index (χ2v) is 3.29. The van der Waals surface area contributed by atoms with Gasteiger partial charge in [0.05, 0.1) is 18.4 Å². The zero-order valence-electron chi connectivity index (χ0n) is 9.25. The average molecular weight is 236 g/mol. The van der Waals surface area contributed by atoms with Crippen molar-refractivity contribution in [3.05, 3.63) is 12.4 Å². The van der Waals surface area contributed by atoms with Crippen molar-refractivity contribution in [2.24, 2.45) is 7.05 Å². The minimum Gasteiger partial charge on any atom is -0.480 e. The van der Waals surface area contributed by atoms with Gasteiger partial charge in [-0.3, -0.25) is 9.48 Å². The van der Waals surface area contributed by atoms with E-state index in [0.717, 1.165) is 4.90 Å². The summed E-state index contributed by atoms with van der Waals surface area (Å²) in [7, 11) is 1.70. The summed E-state index contributed by atoms with van der Waals surface area (Å²) in [5, 5.41) is 15.0. The Labute approximate surface area is 98.0 Å². The topological polar surface area (TPSA) is 87.5 Å². The first kappa shape index (κ1) is 12.6. The molecule has 7 heteroatoms. The Bertz CT molecular complexity index is 460. The van der Waals surface area contributed by atoms with E-state index in [1.165, 1.54) is 10.9 Å². The third-order valence-corrected chi connectivity index (χ3v) is 1.85. The smallest absolute Gasteiger partial charge is 0.323 e. The molecule has 0 aliphatic carbocycles. The molecule has 0 saturated heterocycles. The molecule has 90 valence electrons. The maximum atomic E-state index is 11.7. The molecule has 0 unspecified atom stereocenters. The van der Waals surface area contributed by atoms with Gasteiger partial charge in [-0.15, -0.1) is 6.42 Å². The lowest BCUT2D eigenvalue weighted by Crippen LogP contribution is -2.38. The van der Waals surface area contributed by atoms with Crippen LogP contribution in [-0.2, 0) is 11.8 Å². The lowest BCUT2D eigenvalue weighted by atomic mass is 10.5. The number of anilines is 1. The van der Waals surface area contributed by atoms with E-state index in [1.807, 2.05) is 0 Å². The number of urea groups is 1. The van der Waals surface area contributed by atoms with Crippen LogP contribution in [0.5, 0.6) is 0 Å². The number of carbonyl (C=O) groups excluding carboxylic acids is 1. The summed E-state index contributed by atoms with van der Waals surface area (Å²) in [5.74, 6) is 1.10. The van der Waals surface area contributed by atoms with Crippen LogP contribution in [0, 0.1) is 12.3 Å². The summed E-state index contributed by atoms with van der Waals surface area (Å²) >= 11 is 0. The van der Waals surface area contributed by atoms with Gasteiger partial charge in [-0.25, -0.2) is 4.79 Å². The van der Waals surface area contributed by atoms with E-state index < -0.39 is 18.5 Å². The van der Waals surface area contributed by atoms with Crippen molar-refractivity contribution >= 4 is 17.7 Å². The molecule has 1 aromatic heterocycles. The second-order valence-electron chi connectivity index (χ2n) is 3.29. The maximum Gasteiger partial charge on any atom is 0.323 e. The molecule has 0 aromatic carbocycles. The summed E-state index contributed by atoms with van der Waals surface area (Å²) in [6, 6.07) is -0.571. The normalized spacial score (nSPS) is 9.41. The van der Waals surface area contributed by atoms with Gasteiger partial charge in [0.1, 0.15) is 6.54 Å². The number of aliphatic carboxylic acids is 1. The number of hydrogen-bond acceptors (Lipinski definition) is 3. The molecule has 0 bridgehead atoms. The van der Waals surface area contributed by atoms with Crippen LogP contribution in [0.15, 0.2) is 12.4 Å². The molecule has 1 heterocycles. The monoisotopic (exact) mass is 236 g/mol. The van der Waals surface area contributed by atoms with Crippen LogP contribution in [0.1, 0.15) is 0 Å². The van der Waals surface area contributed by atoms with Crippen LogP contribution >= 0.6 is 0 Å². The highest BCUT2D eigenvalue weighted by molar-refractivity contribution is 5.91.